The first-order chi connectivity index (χ1) is 11.8. The van der Waals surface area contributed by atoms with Crippen molar-refractivity contribution in [3.05, 3.63) is 45.4 Å². The van der Waals surface area contributed by atoms with Gasteiger partial charge in [-0.2, -0.15) is 5.10 Å². The number of hydrogen-bond donors (Lipinski definition) is 2. The zero-order valence-electron chi connectivity index (χ0n) is 14.2. The third kappa shape index (κ3) is 3.14. The molecule has 0 bridgehead atoms. The monoisotopic (exact) mass is 404 g/mol. The van der Waals surface area contributed by atoms with Gasteiger partial charge < -0.3 is 4.57 Å². The summed E-state index contributed by atoms with van der Waals surface area (Å²) < 4.78 is 4.07. The molecule has 0 radical (unpaired) electrons. The van der Waals surface area contributed by atoms with E-state index in [1.165, 1.54) is 0 Å². The number of amides is 2. The maximum atomic E-state index is 12.6. The van der Waals surface area contributed by atoms with Gasteiger partial charge in [0, 0.05) is 30.5 Å². The van der Waals surface area contributed by atoms with E-state index in [4.69, 9.17) is 0 Å². The molecular formula is C16H17BrN6O2. The first-order valence-corrected chi connectivity index (χ1v) is 8.30. The van der Waals surface area contributed by atoms with Crippen LogP contribution in [-0.4, -0.2) is 31.1 Å². The molecule has 3 aromatic rings. The average molecular weight is 405 g/mol. The minimum atomic E-state index is -0.423. The van der Waals surface area contributed by atoms with E-state index in [0.29, 0.717) is 33.7 Å². The minimum Gasteiger partial charge on any atom is -0.345 e. The van der Waals surface area contributed by atoms with Crippen molar-refractivity contribution < 1.29 is 9.59 Å². The molecule has 2 N–H and O–H groups in total. The maximum Gasteiger partial charge on any atom is 0.286 e. The number of pyridine rings is 1. The second-order valence-electron chi connectivity index (χ2n) is 5.78. The van der Waals surface area contributed by atoms with E-state index in [0.717, 1.165) is 4.47 Å². The zero-order chi connectivity index (χ0) is 18.3. The lowest BCUT2D eigenvalue weighted by Crippen LogP contribution is -2.42. The number of hydrogen-bond acceptors (Lipinski definition) is 4. The van der Waals surface area contributed by atoms with Crippen molar-refractivity contribution in [1.29, 1.82) is 0 Å². The molecule has 0 saturated carbocycles. The fourth-order valence-electron chi connectivity index (χ4n) is 2.74. The number of aromatic nitrogens is 4. The Balaban J connectivity index is 1.86. The van der Waals surface area contributed by atoms with Gasteiger partial charge in [-0.3, -0.25) is 25.1 Å². The van der Waals surface area contributed by atoms with Crippen LogP contribution in [0.3, 0.4) is 0 Å². The Hall–Kier alpha value is -2.68. The third-order valence-corrected chi connectivity index (χ3v) is 4.27. The first-order valence-electron chi connectivity index (χ1n) is 7.51. The number of aryl methyl sites for hydroxylation is 4. The van der Waals surface area contributed by atoms with Crippen LogP contribution in [0.5, 0.6) is 0 Å². The van der Waals surface area contributed by atoms with Crippen LogP contribution in [0, 0.1) is 13.8 Å². The molecule has 0 aliphatic carbocycles. The van der Waals surface area contributed by atoms with E-state index in [1.807, 2.05) is 6.92 Å². The molecule has 130 valence electrons. The molecule has 0 fully saturated rings. The number of halogens is 1. The molecule has 3 heterocycles. The molecule has 0 unspecified atom stereocenters. The number of rotatable bonds is 2. The average Bonchev–Trinajstić information content (AvgIpc) is 3.03. The lowest BCUT2D eigenvalue weighted by molar-refractivity contribution is 0.0843. The largest absolute Gasteiger partial charge is 0.345 e. The second-order valence-corrected chi connectivity index (χ2v) is 6.70. The summed E-state index contributed by atoms with van der Waals surface area (Å²) in [5, 5.41) is 4.98. The molecule has 0 spiro atoms. The van der Waals surface area contributed by atoms with E-state index >= 15 is 0 Å². The number of carbonyl (C=O) groups is 2. The van der Waals surface area contributed by atoms with Crippen molar-refractivity contribution in [2.45, 2.75) is 13.8 Å². The number of hydrazine groups is 1. The molecule has 0 aliphatic rings. The molecule has 2 amide bonds. The molecule has 25 heavy (non-hydrogen) atoms. The molecule has 0 atom stereocenters. The first kappa shape index (κ1) is 17.2. The maximum absolute atomic E-state index is 12.6. The van der Waals surface area contributed by atoms with Gasteiger partial charge in [0.25, 0.3) is 11.8 Å². The van der Waals surface area contributed by atoms with Gasteiger partial charge in [-0.05, 0) is 41.9 Å². The summed E-state index contributed by atoms with van der Waals surface area (Å²) in [5.41, 5.74) is 7.75. The topological polar surface area (TPSA) is 93.8 Å². The van der Waals surface area contributed by atoms with Crippen LogP contribution in [0.2, 0.25) is 0 Å². The molecule has 3 rings (SSSR count). The van der Waals surface area contributed by atoms with Gasteiger partial charge in [-0.25, -0.2) is 4.98 Å². The second kappa shape index (κ2) is 6.32. The fourth-order valence-corrected chi connectivity index (χ4v) is 3.27. The van der Waals surface area contributed by atoms with Gasteiger partial charge in [0.2, 0.25) is 0 Å². The van der Waals surface area contributed by atoms with E-state index in [2.05, 4.69) is 36.9 Å². The summed E-state index contributed by atoms with van der Waals surface area (Å²) in [4.78, 5) is 29.2. The third-order valence-electron chi connectivity index (χ3n) is 3.84. The Bertz CT molecular complexity index is 1000. The van der Waals surface area contributed by atoms with Crippen molar-refractivity contribution >= 4 is 38.8 Å². The predicted molar refractivity (Wildman–Crippen MR) is 96.0 cm³/mol. The molecule has 0 aromatic carbocycles. The van der Waals surface area contributed by atoms with E-state index in [1.54, 1.807) is 48.6 Å². The van der Waals surface area contributed by atoms with Gasteiger partial charge in [-0.15, -0.1) is 0 Å². The Morgan fingerprint density at radius 2 is 1.80 bits per heavy atom. The lowest BCUT2D eigenvalue weighted by Gasteiger charge is -2.09. The Labute approximate surface area is 152 Å². The zero-order valence-corrected chi connectivity index (χ0v) is 15.8. The normalized spacial score (nSPS) is 10.9. The summed E-state index contributed by atoms with van der Waals surface area (Å²) in [6, 6.07) is 3.35. The quantitative estimate of drug-likeness (QED) is 0.636. The highest BCUT2D eigenvalue weighted by atomic mass is 79.9. The van der Waals surface area contributed by atoms with Gasteiger partial charge in [0.15, 0.2) is 5.65 Å². The van der Waals surface area contributed by atoms with Gasteiger partial charge >= 0.3 is 0 Å². The van der Waals surface area contributed by atoms with Crippen LogP contribution in [0.1, 0.15) is 32.2 Å². The highest BCUT2D eigenvalue weighted by Crippen LogP contribution is 2.21. The molecule has 0 saturated heterocycles. The summed E-state index contributed by atoms with van der Waals surface area (Å²) in [7, 11) is 3.52. The Morgan fingerprint density at radius 1 is 1.12 bits per heavy atom. The van der Waals surface area contributed by atoms with E-state index in [-0.39, 0.29) is 0 Å². The molecule has 0 aliphatic heterocycles. The SMILES string of the molecule is Cc1cc(C(=O)NNC(=O)c2cc(Br)cn2C)c2c(C)nn(C)c2n1. The molecule has 3 aromatic heterocycles. The fraction of sp³-hybridized carbons (Fsp3) is 0.250. The van der Waals surface area contributed by atoms with Crippen molar-refractivity contribution in [1.82, 2.24) is 30.2 Å². The van der Waals surface area contributed by atoms with E-state index in [9.17, 15) is 9.59 Å². The molecular weight excluding hydrogens is 388 g/mol. The minimum absolute atomic E-state index is 0.411. The summed E-state index contributed by atoms with van der Waals surface area (Å²) in [6.07, 6.45) is 1.76. The summed E-state index contributed by atoms with van der Waals surface area (Å²) in [6.45, 7) is 3.62. The number of fused-ring (bicyclic) bond motifs is 1. The molecule has 8 nitrogen and oxygen atoms in total. The van der Waals surface area contributed by atoms with E-state index < -0.39 is 11.8 Å². The summed E-state index contributed by atoms with van der Waals surface area (Å²) >= 11 is 3.31. The number of nitrogens with one attached hydrogen (secondary N) is 2. The van der Waals surface area contributed by atoms with Crippen LogP contribution in [0.15, 0.2) is 22.8 Å². The highest BCUT2D eigenvalue weighted by molar-refractivity contribution is 9.10. The summed E-state index contributed by atoms with van der Waals surface area (Å²) in [5.74, 6) is -0.834. The lowest BCUT2D eigenvalue weighted by atomic mass is 10.1. The van der Waals surface area contributed by atoms with Crippen LogP contribution < -0.4 is 10.9 Å². The van der Waals surface area contributed by atoms with Gasteiger partial charge in [0.05, 0.1) is 16.6 Å². The smallest absolute Gasteiger partial charge is 0.286 e. The number of nitrogens with zero attached hydrogens (tertiary/aromatic N) is 4. The number of carbonyl (C=O) groups excluding carboxylic acids is 2. The van der Waals surface area contributed by atoms with Crippen LogP contribution in [-0.2, 0) is 14.1 Å². The predicted octanol–water partition coefficient (Wildman–Crippen LogP) is 1.76. The Morgan fingerprint density at radius 3 is 2.44 bits per heavy atom. The van der Waals surface area contributed by atoms with Gasteiger partial charge in [-0.1, -0.05) is 0 Å². The van der Waals surface area contributed by atoms with Gasteiger partial charge in [0.1, 0.15) is 5.69 Å². The highest BCUT2D eigenvalue weighted by Gasteiger charge is 2.19. The van der Waals surface area contributed by atoms with Crippen LogP contribution >= 0.6 is 15.9 Å². The Kier molecular flexibility index (Phi) is 4.34. The van der Waals surface area contributed by atoms with Crippen LogP contribution in [0.4, 0.5) is 0 Å². The standard InChI is InChI=1S/C16H17BrN6O2/c1-8-5-11(13-9(2)21-23(4)14(13)18-8)15(24)19-20-16(25)12-6-10(17)7-22(12)3/h5-7H,1-4H3,(H,19,24)(H,20,25). The van der Waals surface area contributed by atoms with Crippen molar-refractivity contribution in [2.75, 3.05) is 0 Å². The molecule has 9 heteroatoms. The van der Waals surface area contributed by atoms with Crippen molar-refractivity contribution in [3.8, 4) is 0 Å². The van der Waals surface area contributed by atoms with Crippen LogP contribution in [0.25, 0.3) is 11.0 Å². The van der Waals surface area contributed by atoms with Crippen molar-refractivity contribution in [3.63, 3.8) is 0 Å². The van der Waals surface area contributed by atoms with Crippen molar-refractivity contribution in [2.24, 2.45) is 14.1 Å².